The van der Waals surface area contributed by atoms with Crippen molar-refractivity contribution >= 4 is 23.2 Å². The highest BCUT2D eigenvalue weighted by Gasteiger charge is 2.31. The molecule has 0 radical (unpaired) electrons. The zero-order valence-corrected chi connectivity index (χ0v) is 14.3. The Labute approximate surface area is 142 Å². The molecule has 1 unspecified atom stereocenters. The van der Waals surface area contributed by atoms with Crippen molar-refractivity contribution in [2.24, 2.45) is 0 Å². The molecule has 0 bridgehead atoms. The second-order valence-corrected chi connectivity index (χ2v) is 6.82. The molecule has 0 saturated carbocycles. The number of amides is 1. The fraction of sp³-hybridized carbons (Fsp3) is 0.316. The van der Waals surface area contributed by atoms with E-state index in [1.54, 1.807) is 0 Å². The zero-order chi connectivity index (χ0) is 16.4. The average Bonchev–Trinajstić information content (AvgIpc) is 2.85. The summed E-state index contributed by atoms with van der Waals surface area (Å²) in [4.78, 5) is 15.9. The van der Waals surface area contributed by atoms with Crippen LogP contribution < -0.4 is 9.80 Å². The van der Waals surface area contributed by atoms with E-state index in [1.165, 1.54) is 16.0 Å². The quantitative estimate of drug-likeness (QED) is 0.915. The molecule has 2 atom stereocenters. The number of nitrogens with zero attached hydrogens (tertiary/aromatic N) is 1. The number of rotatable bonds is 4. The summed E-state index contributed by atoms with van der Waals surface area (Å²) in [5, 5.41) is 0.741. The summed E-state index contributed by atoms with van der Waals surface area (Å²) in [5.41, 5.74) is 3.53. The standard InChI is InChI=1S/C19H21ClN2O/c1-14-11-16-5-3-4-6-18(16)22(14)19(23)13-21(2)12-15-7-9-17(20)10-8-15/h3-10,14H,11-13H2,1-2H3/p+1/t14-/m1/s1. The highest BCUT2D eigenvalue weighted by Crippen LogP contribution is 2.31. The Morgan fingerprint density at radius 2 is 1.91 bits per heavy atom. The summed E-state index contributed by atoms with van der Waals surface area (Å²) < 4.78 is 0. The van der Waals surface area contributed by atoms with E-state index in [0.29, 0.717) is 6.54 Å². The lowest BCUT2D eigenvalue weighted by molar-refractivity contribution is -0.885. The van der Waals surface area contributed by atoms with Gasteiger partial charge < -0.3 is 9.80 Å². The molecule has 1 heterocycles. The number of para-hydroxylation sites is 1. The Morgan fingerprint density at radius 3 is 2.65 bits per heavy atom. The van der Waals surface area contributed by atoms with Crippen molar-refractivity contribution in [2.45, 2.75) is 25.9 Å². The first kappa shape index (κ1) is 16.0. The maximum Gasteiger partial charge on any atom is 0.282 e. The van der Waals surface area contributed by atoms with E-state index in [4.69, 9.17) is 11.6 Å². The first-order valence-corrected chi connectivity index (χ1v) is 8.38. The van der Waals surface area contributed by atoms with E-state index < -0.39 is 0 Å². The number of quaternary nitrogens is 1. The van der Waals surface area contributed by atoms with Gasteiger partial charge in [-0.3, -0.25) is 4.79 Å². The Balaban J connectivity index is 1.66. The van der Waals surface area contributed by atoms with Crippen LogP contribution in [0.2, 0.25) is 5.02 Å². The SMILES string of the molecule is C[C@@H]1Cc2ccccc2N1C(=O)C[NH+](C)Cc1ccc(Cl)cc1. The fourth-order valence-electron chi connectivity index (χ4n) is 3.30. The van der Waals surface area contributed by atoms with E-state index in [-0.39, 0.29) is 11.9 Å². The molecule has 0 saturated heterocycles. The van der Waals surface area contributed by atoms with Gasteiger partial charge >= 0.3 is 0 Å². The number of carbonyl (C=O) groups excluding carboxylic acids is 1. The van der Waals surface area contributed by atoms with Crippen LogP contribution in [-0.4, -0.2) is 25.5 Å². The number of benzene rings is 2. The van der Waals surface area contributed by atoms with Gasteiger partial charge in [-0.15, -0.1) is 0 Å². The van der Waals surface area contributed by atoms with Gasteiger partial charge in [-0.1, -0.05) is 41.9 Å². The largest absolute Gasteiger partial charge is 0.326 e. The third-order valence-electron chi connectivity index (χ3n) is 4.35. The molecule has 2 aromatic rings. The van der Waals surface area contributed by atoms with Crippen molar-refractivity contribution in [1.82, 2.24) is 0 Å². The first-order chi connectivity index (χ1) is 11.0. The van der Waals surface area contributed by atoms with Crippen molar-refractivity contribution in [2.75, 3.05) is 18.5 Å². The van der Waals surface area contributed by atoms with Gasteiger partial charge in [0.05, 0.1) is 7.05 Å². The molecule has 0 fully saturated rings. The molecular weight excluding hydrogens is 308 g/mol. The van der Waals surface area contributed by atoms with Gasteiger partial charge in [0, 0.05) is 22.3 Å². The van der Waals surface area contributed by atoms with Gasteiger partial charge in [-0.05, 0) is 37.1 Å². The number of halogens is 1. The Morgan fingerprint density at radius 1 is 1.22 bits per heavy atom. The van der Waals surface area contributed by atoms with Crippen LogP contribution in [0.1, 0.15) is 18.1 Å². The van der Waals surface area contributed by atoms with Gasteiger partial charge in [0.25, 0.3) is 5.91 Å². The van der Waals surface area contributed by atoms with Crippen molar-refractivity contribution in [3.8, 4) is 0 Å². The van der Waals surface area contributed by atoms with Crippen molar-refractivity contribution < 1.29 is 9.69 Å². The van der Waals surface area contributed by atoms with Crippen molar-refractivity contribution in [3.05, 3.63) is 64.7 Å². The molecule has 23 heavy (non-hydrogen) atoms. The fourth-order valence-corrected chi connectivity index (χ4v) is 3.43. The lowest BCUT2D eigenvalue weighted by atomic mass is 10.1. The zero-order valence-electron chi connectivity index (χ0n) is 13.6. The second kappa shape index (κ2) is 6.73. The van der Waals surface area contributed by atoms with E-state index in [9.17, 15) is 4.79 Å². The molecule has 0 spiro atoms. The van der Waals surface area contributed by atoms with Crippen LogP contribution in [0.5, 0.6) is 0 Å². The molecule has 4 heteroatoms. The van der Waals surface area contributed by atoms with Crippen molar-refractivity contribution in [3.63, 3.8) is 0 Å². The summed E-state index contributed by atoms with van der Waals surface area (Å²) in [6.07, 6.45) is 0.943. The number of likely N-dealkylation sites (N-methyl/N-ethyl adjacent to an activating group) is 1. The molecule has 1 amide bonds. The van der Waals surface area contributed by atoms with Crippen LogP contribution in [0.4, 0.5) is 5.69 Å². The predicted octanol–water partition coefficient (Wildman–Crippen LogP) is 2.33. The minimum absolute atomic E-state index is 0.189. The minimum atomic E-state index is 0.189. The molecular formula is C19H22ClN2O+. The van der Waals surface area contributed by atoms with Crippen LogP contribution in [0, 0.1) is 0 Å². The number of carbonyl (C=O) groups is 1. The van der Waals surface area contributed by atoms with E-state index in [1.807, 2.05) is 47.4 Å². The number of hydrogen-bond donors (Lipinski definition) is 1. The molecule has 0 aliphatic carbocycles. The van der Waals surface area contributed by atoms with Crippen LogP contribution in [0.25, 0.3) is 0 Å². The first-order valence-electron chi connectivity index (χ1n) is 8.00. The molecule has 0 aromatic heterocycles. The summed E-state index contributed by atoms with van der Waals surface area (Å²) >= 11 is 5.91. The third kappa shape index (κ3) is 3.57. The summed E-state index contributed by atoms with van der Waals surface area (Å²) in [5.74, 6) is 0.189. The van der Waals surface area contributed by atoms with Crippen molar-refractivity contribution in [1.29, 1.82) is 0 Å². The monoisotopic (exact) mass is 329 g/mol. The van der Waals surface area contributed by atoms with Gasteiger partial charge in [-0.2, -0.15) is 0 Å². The Kier molecular flexibility index (Phi) is 4.69. The Hall–Kier alpha value is -1.84. The highest BCUT2D eigenvalue weighted by molar-refractivity contribution is 6.30. The highest BCUT2D eigenvalue weighted by atomic mass is 35.5. The molecule has 2 aromatic carbocycles. The lowest BCUT2D eigenvalue weighted by Gasteiger charge is -2.24. The van der Waals surface area contributed by atoms with Gasteiger partial charge in [0.15, 0.2) is 6.54 Å². The van der Waals surface area contributed by atoms with E-state index >= 15 is 0 Å². The molecule has 1 aliphatic heterocycles. The minimum Gasteiger partial charge on any atom is -0.326 e. The molecule has 120 valence electrons. The topological polar surface area (TPSA) is 24.8 Å². The number of fused-ring (bicyclic) bond motifs is 1. The molecule has 1 N–H and O–H groups in total. The second-order valence-electron chi connectivity index (χ2n) is 6.38. The average molecular weight is 330 g/mol. The Bertz CT molecular complexity index is 699. The summed E-state index contributed by atoms with van der Waals surface area (Å²) in [6.45, 7) is 3.42. The van der Waals surface area contributed by atoms with Gasteiger partial charge in [-0.25, -0.2) is 0 Å². The van der Waals surface area contributed by atoms with Crippen LogP contribution in [-0.2, 0) is 17.8 Å². The number of nitrogens with one attached hydrogen (secondary N) is 1. The predicted molar refractivity (Wildman–Crippen MR) is 94.0 cm³/mol. The van der Waals surface area contributed by atoms with E-state index in [0.717, 1.165) is 23.7 Å². The third-order valence-corrected chi connectivity index (χ3v) is 4.60. The van der Waals surface area contributed by atoms with Crippen LogP contribution in [0.3, 0.4) is 0 Å². The molecule has 3 nitrogen and oxygen atoms in total. The summed E-state index contributed by atoms with van der Waals surface area (Å²) in [6, 6.07) is 16.3. The van der Waals surface area contributed by atoms with Crippen LogP contribution >= 0.6 is 11.6 Å². The van der Waals surface area contributed by atoms with Gasteiger partial charge in [0.1, 0.15) is 6.54 Å². The summed E-state index contributed by atoms with van der Waals surface area (Å²) in [7, 11) is 2.05. The lowest BCUT2D eigenvalue weighted by Crippen LogP contribution is -3.09. The smallest absolute Gasteiger partial charge is 0.282 e. The van der Waals surface area contributed by atoms with E-state index in [2.05, 4.69) is 20.0 Å². The molecule has 1 aliphatic rings. The van der Waals surface area contributed by atoms with Crippen LogP contribution in [0.15, 0.2) is 48.5 Å². The van der Waals surface area contributed by atoms with Gasteiger partial charge in [0.2, 0.25) is 0 Å². The normalized spacial score (nSPS) is 17.9. The maximum atomic E-state index is 12.8. The maximum absolute atomic E-state index is 12.8. The number of hydrogen-bond acceptors (Lipinski definition) is 1. The molecule has 3 rings (SSSR count). The number of anilines is 1.